The van der Waals surface area contributed by atoms with Gasteiger partial charge in [0.2, 0.25) is 6.79 Å². The van der Waals surface area contributed by atoms with E-state index in [4.69, 9.17) is 42.1 Å². The lowest BCUT2D eigenvalue weighted by molar-refractivity contribution is -0.155. The third-order valence-corrected chi connectivity index (χ3v) is 4.09. The Kier molecular flexibility index (Phi) is 5.93. The fourth-order valence-corrected chi connectivity index (χ4v) is 2.69. The highest BCUT2D eigenvalue weighted by atomic mass is 35.5. The molecule has 142 valence electrons. The van der Waals surface area contributed by atoms with Crippen molar-refractivity contribution >= 4 is 40.8 Å². The molecule has 0 aliphatic carbocycles. The van der Waals surface area contributed by atoms with Crippen LogP contribution < -0.4 is 19.5 Å². The lowest BCUT2D eigenvalue weighted by Gasteiger charge is -2.14. The average Bonchev–Trinajstić information content (AvgIpc) is 3.08. The van der Waals surface area contributed by atoms with Crippen LogP contribution in [-0.2, 0) is 14.3 Å². The molecule has 0 bridgehead atoms. The number of hydrogen-bond donors (Lipinski definition) is 1. The van der Waals surface area contributed by atoms with Gasteiger partial charge in [0.15, 0.2) is 24.2 Å². The first-order valence-electron chi connectivity index (χ1n) is 7.90. The van der Waals surface area contributed by atoms with Crippen molar-refractivity contribution in [1.82, 2.24) is 0 Å². The molecule has 3 rings (SSSR count). The van der Waals surface area contributed by atoms with Crippen molar-refractivity contribution in [3.8, 4) is 17.2 Å². The smallest absolute Gasteiger partial charge is 0.344 e. The number of fused-ring (bicyclic) bond motifs is 1. The van der Waals surface area contributed by atoms with Crippen molar-refractivity contribution in [2.75, 3.05) is 18.7 Å². The molecule has 2 aromatic rings. The predicted octanol–water partition coefficient (Wildman–Crippen LogP) is 3.67. The molecule has 0 unspecified atom stereocenters. The molecule has 0 saturated carbocycles. The molecule has 2 aromatic carbocycles. The zero-order chi connectivity index (χ0) is 19.4. The number of carbonyl (C=O) groups is 2. The molecule has 1 aliphatic rings. The summed E-state index contributed by atoms with van der Waals surface area (Å²) in [5.41, 5.74) is 0.497. The maximum Gasteiger partial charge on any atom is 0.344 e. The molecule has 1 amide bonds. The van der Waals surface area contributed by atoms with Gasteiger partial charge in [-0.05, 0) is 37.3 Å². The van der Waals surface area contributed by atoms with Crippen molar-refractivity contribution < 1.29 is 28.5 Å². The van der Waals surface area contributed by atoms with E-state index in [0.29, 0.717) is 22.2 Å². The molecule has 0 radical (unpaired) electrons. The van der Waals surface area contributed by atoms with Crippen molar-refractivity contribution in [1.29, 1.82) is 0 Å². The highest BCUT2D eigenvalue weighted by molar-refractivity contribution is 6.35. The first-order valence-corrected chi connectivity index (χ1v) is 8.66. The first-order chi connectivity index (χ1) is 12.9. The molecule has 0 aromatic heterocycles. The number of hydrogen-bond acceptors (Lipinski definition) is 6. The van der Waals surface area contributed by atoms with Gasteiger partial charge in [-0.1, -0.05) is 23.2 Å². The SMILES string of the molecule is C[C@H](OC(=O)COc1ccc(Cl)cc1Cl)C(=O)Nc1ccc2c(c1)OCO2. The molecule has 9 heteroatoms. The van der Waals surface area contributed by atoms with Crippen LogP contribution in [0.5, 0.6) is 17.2 Å². The van der Waals surface area contributed by atoms with E-state index in [0.717, 1.165) is 0 Å². The van der Waals surface area contributed by atoms with E-state index >= 15 is 0 Å². The number of carbonyl (C=O) groups excluding carboxylic acids is 2. The Morgan fingerprint density at radius 3 is 2.70 bits per heavy atom. The summed E-state index contributed by atoms with van der Waals surface area (Å²) in [5.74, 6) is 0.216. The number of benzene rings is 2. The van der Waals surface area contributed by atoms with Crippen LogP contribution in [0.15, 0.2) is 36.4 Å². The van der Waals surface area contributed by atoms with Gasteiger partial charge in [0.05, 0.1) is 5.02 Å². The van der Waals surface area contributed by atoms with Gasteiger partial charge in [-0.2, -0.15) is 0 Å². The summed E-state index contributed by atoms with van der Waals surface area (Å²) in [6.07, 6.45) is -1.02. The van der Waals surface area contributed by atoms with Crippen molar-refractivity contribution in [3.63, 3.8) is 0 Å². The van der Waals surface area contributed by atoms with Crippen LogP contribution in [0, 0.1) is 0 Å². The van der Waals surface area contributed by atoms with Crippen molar-refractivity contribution in [3.05, 3.63) is 46.4 Å². The zero-order valence-corrected chi connectivity index (χ0v) is 15.7. The molecular weight excluding hydrogens is 397 g/mol. The standard InChI is InChI=1S/C18H15Cl2NO6/c1-10(18(23)21-12-3-5-15-16(7-12)26-9-25-15)27-17(22)8-24-14-4-2-11(19)6-13(14)20/h2-7,10H,8-9H2,1H3,(H,21,23)/t10-/m0/s1. The molecule has 1 N–H and O–H groups in total. The minimum Gasteiger partial charge on any atom is -0.480 e. The van der Waals surface area contributed by atoms with Crippen molar-refractivity contribution in [2.45, 2.75) is 13.0 Å². The van der Waals surface area contributed by atoms with Crippen LogP contribution in [0.25, 0.3) is 0 Å². The lowest BCUT2D eigenvalue weighted by Crippen LogP contribution is -2.31. The van der Waals surface area contributed by atoms with E-state index in [1.54, 1.807) is 24.3 Å². The zero-order valence-electron chi connectivity index (χ0n) is 14.2. The number of nitrogens with one attached hydrogen (secondary N) is 1. The first kappa shape index (κ1) is 19.1. The van der Waals surface area contributed by atoms with E-state index < -0.39 is 24.6 Å². The maximum absolute atomic E-state index is 12.2. The van der Waals surface area contributed by atoms with Gasteiger partial charge in [-0.3, -0.25) is 4.79 Å². The Balaban J connectivity index is 1.49. The Hall–Kier alpha value is -2.64. The minimum atomic E-state index is -1.02. The van der Waals surface area contributed by atoms with E-state index in [1.165, 1.54) is 19.1 Å². The fourth-order valence-electron chi connectivity index (χ4n) is 2.23. The molecule has 0 fully saturated rings. The summed E-state index contributed by atoms with van der Waals surface area (Å²) in [7, 11) is 0. The van der Waals surface area contributed by atoms with Gasteiger partial charge >= 0.3 is 5.97 Å². The van der Waals surface area contributed by atoms with Crippen molar-refractivity contribution in [2.24, 2.45) is 0 Å². The second-order valence-electron chi connectivity index (χ2n) is 5.55. The Bertz CT molecular complexity index is 873. The normalized spacial score (nSPS) is 13.0. The second-order valence-corrected chi connectivity index (χ2v) is 6.40. The molecule has 7 nitrogen and oxygen atoms in total. The largest absolute Gasteiger partial charge is 0.480 e. The predicted molar refractivity (Wildman–Crippen MR) is 98.7 cm³/mol. The van der Waals surface area contributed by atoms with Gasteiger partial charge in [0, 0.05) is 16.8 Å². The highest BCUT2D eigenvalue weighted by Crippen LogP contribution is 2.34. The monoisotopic (exact) mass is 411 g/mol. The lowest BCUT2D eigenvalue weighted by atomic mass is 10.2. The van der Waals surface area contributed by atoms with Crippen LogP contribution in [0.2, 0.25) is 10.0 Å². The third-order valence-electron chi connectivity index (χ3n) is 3.56. The van der Waals surface area contributed by atoms with Gasteiger partial charge in [-0.25, -0.2) is 4.79 Å². The van der Waals surface area contributed by atoms with E-state index in [1.807, 2.05) is 0 Å². The van der Waals surface area contributed by atoms with E-state index in [2.05, 4.69) is 5.32 Å². The summed E-state index contributed by atoms with van der Waals surface area (Å²) in [6, 6.07) is 9.57. The van der Waals surface area contributed by atoms with Crippen LogP contribution in [0.3, 0.4) is 0 Å². The molecular formula is C18H15Cl2NO6. The summed E-state index contributed by atoms with van der Waals surface area (Å²) in [6.45, 7) is 1.19. The van der Waals surface area contributed by atoms with Crippen LogP contribution in [0.4, 0.5) is 5.69 Å². The number of rotatable bonds is 6. The molecule has 27 heavy (non-hydrogen) atoms. The highest BCUT2D eigenvalue weighted by Gasteiger charge is 2.20. The summed E-state index contributed by atoms with van der Waals surface area (Å²) < 4.78 is 20.8. The molecule has 0 spiro atoms. The fraction of sp³-hybridized carbons (Fsp3) is 0.222. The number of ether oxygens (including phenoxy) is 4. The van der Waals surface area contributed by atoms with Gasteiger partial charge in [0.1, 0.15) is 5.75 Å². The Labute approximate surface area is 165 Å². The molecule has 1 atom stereocenters. The number of esters is 1. The molecule has 1 heterocycles. The topological polar surface area (TPSA) is 83.1 Å². The van der Waals surface area contributed by atoms with Gasteiger partial charge in [0.25, 0.3) is 5.91 Å². The summed E-state index contributed by atoms with van der Waals surface area (Å²) in [5, 5.41) is 3.35. The molecule has 1 aliphatic heterocycles. The number of halogens is 2. The third kappa shape index (κ3) is 4.96. The van der Waals surface area contributed by atoms with E-state index in [-0.39, 0.29) is 17.6 Å². The van der Waals surface area contributed by atoms with Crippen LogP contribution in [0.1, 0.15) is 6.92 Å². The van der Waals surface area contributed by atoms with Crippen LogP contribution in [-0.4, -0.2) is 31.4 Å². The minimum absolute atomic E-state index is 0.137. The Morgan fingerprint density at radius 2 is 1.93 bits per heavy atom. The summed E-state index contributed by atoms with van der Waals surface area (Å²) in [4.78, 5) is 24.1. The average molecular weight is 412 g/mol. The second kappa shape index (κ2) is 8.37. The quantitative estimate of drug-likeness (QED) is 0.730. The maximum atomic E-state index is 12.2. The van der Waals surface area contributed by atoms with E-state index in [9.17, 15) is 9.59 Å². The van der Waals surface area contributed by atoms with Gasteiger partial charge in [-0.15, -0.1) is 0 Å². The van der Waals surface area contributed by atoms with Crippen LogP contribution >= 0.6 is 23.2 Å². The Morgan fingerprint density at radius 1 is 1.15 bits per heavy atom. The van der Waals surface area contributed by atoms with Gasteiger partial charge < -0.3 is 24.3 Å². The number of amides is 1. The summed E-state index contributed by atoms with van der Waals surface area (Å²) >= 11 is 11.7. The molecule has 0 saturated heterocycles. The number of anilines is 1.